The van der Waals surface area contributed by atoms with Gasteiger partial charge >= 0.3 is 0 Å². The first-order chi connectivity index (χ1) is 13.3. The lowest BCUT2D eigenvalue weighted by atomic mass is 10.2. The Bertz CT molecular complexity index is 998. The molecule has 3 rings (SSSR count). The molecule has 1 heterocycles. The first-order valence-corrected chi connectivity index (χ1v) is 10.9. The van der Waals surface area contributed by atoms with E-state index in [9.17, 15) is 9.59 Å². The average molecular weight is 516 g/mol. The van der Waals surface area contributed by atoms with Crippen molar-refractivity contribution in [2.45, 2.75) is 6.42 Å². The van der Waals surface area contributed by atoms with Crippen LogP contribution in [0.4, 0.5) is 5.69 Å². The van der Waals surface area contributed by atoms with E-state index in [2.05, 4.69) is 21.2 Å². The number of nitrogens with zero attached hydrogens (tertiary/aromatic N) is 1. The Kier molecular flexibility index (Phi) is 7.17. The first kappa shape index (κ1) is 21.3. The number of nitrogens with one attached hydrogen (secondary N) is 1. The average Bonchev–Trinajstić information content (AvgIpc) is 2.90. The number of thioether (sulfide) groups is 1. The number of amides is 2. The molecule has 0 aliphatic carbocycles. The van der Waals surface area contributed by atoms with Crippen LogP contribution in [-0.4, -0.2) is 27.6 Å². The predicted molar refractivity (Wildman–Crippen MR) is 124 cm³/mol. The van der Waals surface area contributed by atoms with Crippen molar-refractivity contribution in [2.75, 3.05) is 11.9 Å². The zero-order valence-electron chi connectivity index (χ0n) is 14.2. The minimum Gasteiger partial charge on any atom is -0.326 e. The minimum absolute atomic E-state index is 0.108. The Morgan fingerprint density at radius 3 is 2.71 bits per heavy atom. The molecule has 0 atom stereocenters. The van der Waals surface area contributed by atoms with E-state index in [0.29, 0.717) is 25.0 Å². The smallest absolute Gasteiger partial charge is 0.266 e. The molecule has 0 saturated carbocycles. The van der Waals surface area contributed by atoms with E-state index >= 15 is 0 Å². The summed E-state index contributed by atoms with van der Waals surface area (Å²) < 4.78 is 1.37. The highest BCUT2D eigenvalue weighted by Gasteiger charge is 2.32. The van der Waals surface area contributed by atoms with Crippen LogP contribution in [0.5, 0.6) is 0 Å². The van der Waals surface area contributed by atoms with Crippen LogP contribution in [0.15, 0.2) is 51.8 Å². The van der Waals surface area contributed by atoms with Gasteiger partial charge in [0.1, 0.15) is 4.32 Å². The highest BCUT2D eigenvalue weighted by molar-refractivity contribution is 9.10. The highest BCUT2D eigenvalue weighted by Crippen LogP contribution is 2.33. The fourth-order valence-electron chi connectivity index (χ4n) is 2.45. The Morgan fingerprint density at radius 2 is 2.00 bits per heavy atom. The number of hydrogen-bond acceptors (Lipinski definition) is 4. The van der Waals surface area contributed by atoms with Crippen molar-refractivity contribution in [1.82, 2.24) is 4.90 Å². The van der Waals surface area contributed by atoms with E-state index in [1.54, 1.807) is 24.3 Å². The summed E-state index contributed by atoms with van der Waals surface area (Å²) in [5.41, 5.74) is 1.44. The van der Waals surface area contributed by atoms with Crippen LogP contribution < -0.4 is 5.32 Å². The van der Waals surface area contributed by atoms with E-state index < -0.39 is 0 Å². The number of carbonyl (C=O) groups is 2. The second-order valence-corrected chi connectivity index (χ2v) is 9.22. The zero-order chi connectivity index (χ0) is 20.3. The molecule has 0 aromatic heterocycles. The number of benzene rings is 2. The zero-order valence-corrected chi connectivity index (χ0v) is 19.0. The molecule has 4 nitrogen and oxygen atoms in total. The third kappa shape index (κ3) is 5.36. The Labute approximate surface area is 190 Å². The molecule has 1 aliphatic heterocycles. The summed E-state index contributed by atoms with van der Waals surface area (Å²) in [6.07, 6.45) is 1.90. The third-order valence-electron chi connectivity index (χ3n) is 3.79. The van der Waals surface area contributed by atoms with Gasteiger partial charge in [-0.15, -0.1) is 0 Å². The Hall–Kier alpha value is -1.38. The molecule has 1 saturated heterocycles. The largest absolute Gasteiger partial charge is 0.326 e. The molecule has 0 spiro atoms. The summed E-state index contributed by atoms with van der Waals surface area (Å²) >= 11 is 21.8. The van der Waals surface area contributed by atoms with Crippen LogP contribution >= 0.6 is 63.1 Å². The van der Waals surface area contributed by atoms with Crippen LogP contribution in [0.3, 0.4) is 0 Å². The Morgan fingerprint density at radius 1 is 1.21 bits per heavy atom. The quantitative estimate of drug-likeness (QED) is 0.392. The number of thiocarbonyl (C=S) groups is 1. The molecule has 0 unspecified atom stereocenters. The molecule has 2 amide bonds. The number of anilines is 1. The lowest BCUT2D eigenvalue weighted by Crippen LogP contribution is -2.31. The number of halogens is 3. The van der Waals surface area contributed by atoms with Crippen molar-refractivity contribution in [3.05, 3.63) is 67.5 Å². The Balaban J connectivity index is 1.61. The van der Waals surface area contributed by atoms with Gasteiger partial charge in [-0.3, -0.25) is 14.5 Å². The molecular formula is C19H13BrCl2N2O2S2. The van der Waals surface area contributed by atoms with Gasteiger partial charge in [-0.2, -0.15) is 0 Å². The minimum atomic E-state index is -0.247. The number of rotatable bonds is 5. The lowest BCUT2D eigenvalue weighted by molar-refractivity contribution is -0.122. The molecule has 1 N–H and O–H groups in total. The fraction of sp³-hybridized carbons (Fsp3) is 0.105. The summed E-state index contributed by atoms with van der Waals surface area (Å²) in [6, 6.07) is 12.5. The SMILES string of the molecule is O=C(CCN1C(=O)C(=Cc2cccc(Br)c2)SC1=S)Nc1ccc(Cl)c(Cl)c1. The fourth-order valence-corrected chi connectivity index (χ4v) is 4.47. The number of carbonyl (C=O) groups excluding carboxylic acids is 2. The van der Waals surface area contributed by atoms with Gasteiger partial charge < -0.3 is 5.32 Å². The van der Waals surface area contributed by atoms with Crippen molar-refractivity contribution in [2.24, 2.45) is 0 Å². The van der Waals surface area contributed by atoms with Gasteiger partial charge in [0.15, 0.2) is 0 Å². The van der Waals surface area contributed by atoms with Gasteiger partial charge in [0.25, 0.3) is 5.91 Å². The molecule has 2 aromatic carbocycles. The van der Waals surface area contributed by atoms with E-state index in [0.717, 1.165) is 10.0 Å². The standard InChI is InChI=1S/C19H13BrCl2N2O2S2/c20-12-3-1-2-11(8-12)9-16-18(26)24(19(27)28-16)7-6-17(25)23-13-4-5-14(21)15(22)10-13/h1-5,8-10H,6-7H2,(H,23,25). The summed E-state index contributed by atoms with van der Waals surface area (Å²) in [6.45, 7) is 0.202. The van der Waals surface area contributed by atoms with Crippen LogP contribution in [0.25, 0.3) is 6.08 Å². The summed E-state index contributed by atoms with van der Waals surface area (Å²) in [5.74, 6) is -0.444. The van der Waals surface area contributed by atoms with Crippen molar-refractivity contribution in [1.29, 1.82) is 0 Å². The maximum atomic E-state index is 12.6. The predicted octanol–water partition coefficient (Wildman–Crippen LogP) is 5.99. The van der Waals surface area contributed by atoms with Gasteiger partial charge in [-0.25, -0.2) is 0 Å². The number of hydrogen-bond donors (Lipinski definition) is 1. The molecule has 1 aliphatic rings. The second-order valence-electron chi connectivity index (χ2n) is 5.82. The molecule has 144 valence electrons. The molecule has 9 heteroatoms. The van der Waals surface area contributed by atoms with Crippen LogP contribution in [0.1, 0.15) is 12.0 Å². The van der Waals surface area contributed by atoms with E-state index in [1.807, 2.05) is 24.3 Å². The van der Waals surface area contributed by atoms with Crippen LogP contribution in [0, 0.1) is 0 Å². The highest BCUT2D eigenvalue weighted by atomic mass is 79.9. The summed E-state index contributed by atoms with van der Waals surface area (Å²) in [4.78, 5) is 26.8. The molecule has 28 heavy (non-hydrogen) atoms. The first-order valence-electron chi connectivity index (χ1n) is 8.09. The van der Waals surface area contributed by atoms with Crippen molar-refractivity contribution >= 4 is 91.0 Å². The topological polar surface area (TPSA) is 49.4 Å². The van der Waals surface area contributed by atoms with Gasteiger partial charge in [0.05, 0.1) is 15.0 Å². The summed E-state index contributed by atoms with van der Waals surface area (Å²) in [7, 11) is 0. The molecule has 2 aromatic rings. The summed E-state index contributed by atoms with van der Waals surface area (Å²) in [5, 5.41) is 3.50. The maximum absolute atomic E-state index is 12.6. The molecule has 0 radical (unpaired) electrons. The van der Waals surface area contributed by atoms with Gasteiger partial charge in [-0.1, -0.05) is 75.2 Å². The van der Waals surface area contributed by atoms with Crippen molar-refractivity contribution in [3.63, 3.8) is 0 Å². The van der Waals surface area contributed by atoms with Crippen LogP contribution in [-0.2, 0) is 9.59 Å². The lowest BCUT2D eigenvalue weighted by Gasteiger charge is -2.14. The van der Waals surface area contributed by atoms with Crippen molar-refractivity contribution < 1.29 is 9.59 Å². The van der Waals surface area contributed by atoms with Crippen LogP contribution in [0.2, 0.25) is 10.0 Å². The van der Waals surface area contributed by atoms with E-state index in [4.69, 9.17) is 35.4 Å². The van der Waals surface area contributed by atoms with Gasteiger partial charge in [0.2, 0.25) is 5.91 Å². The maximum Gasteiger partial charge on any atom is 0.266 e. The molecule has 1 fully saturated rings. The molecule has 0 bridgehead atoms. The monoisotopic (exact) mass is 514 g/mol. The second kappa shape index (κ2) is 9.41. The van der Waals surface area contributed by atoms with E-state index in [1.165, 1.54) is 16.7 Å². The van der Waals surface area contributed by atoms with Crippen molar-refractivity contribution in [3.8, 4) is 0 Å². The molecular weight excluding hydrogens is 503 g/mol. The van der Waals surface area contributed by atoms with E-state index in [-0.39, 0.29) is 24.8 Å². The normalized spacial score (nSPS) is 15.4. The third-order valence-corrected chi connectivity index (χ3v) is 6.40. The van der Waals surface area contributed by atoms with Gasteiger partial charge in [0, 0.05) is 23.1 Å². The van der Waals surface area contributed by atoms with Gasteiger partial charge in [-0.05, 0) is 42.0 Å².